The number of aliphatic hydroxyl groups excluding tert-OH is 1. The zero-order chi connectivity index (χ0) is 13.7. The van der Waals surface area contributed by atoms with Gasteiger partial charge in [0.2, 0.25) is 0 Å². The smallest absolute Gasteiger partial charge is 0.134 e. The Kier molecular flexibility index (Phi) is 4.53. The molecule has 0 saturated heterocycles. The molecule has 0 saturated carbocycles. The first-order valence-corrected chi connectivity index (χ1v) is 6.56. The van der Waals surface area contributed by atoms with E-state index in [1.54, 1.807) is 13.1 Å². The molecule has 1 heterocycles. The second-order valence-electron chi connectivity index (χ2n) is 4.75. The largest absolute Gasteiger partial charge is 0.389 e. The molecule has 0 amide bonds. The average molecular weight is 256 g/mol. The van der Waals surface area contributed by atoms with Crippen LogP contribution >= 0.6 is 0 Å². The first kappa shape index (κ1) is 13.6. The lowest BCUT2D eigenvalue weighted by molar-refractivity contribution is 0.199. The van der Waals surface area contributed by atoms with Crippen LogP contribution in [0.1, 0.15) is 24.2 Å². The highest BCUT2D eigenvalue weighted by atomic mass is 16.3. The highest BCUT2D eigenvalue weighted by Gasteiger charge is 2.12. The second kappa shape index (κ2) is 6.34. The van der Waals surface area contributed by atoms with Gasteiger partial charge in [-0.05, 0) is 25.0 Å². The van der Waals surface area contributed by atoms with Crippen molar-refractivity contribution < 1.29 is 5.11 Å². The van der Waals surface area contributed by atoms with E-state index in [-0.39, 0.29) is 0 Å². The number of hydrogen-bond acceptors (Lipinski definition) is 3. The quantitative estimate of drug-likeness (QED) is 0.893. The van der Waals surface area contributed by atoms with Crippen LogP contribution < -0.4 is 4.90 Å². The number of hydrogen-bond donors (Lipinski definition) is 1. The molecule has 0 aliphatic heterocycles. The van der Waals surface area contributed by atoms with Crippen molar-refractivity contribution in [3.63, 3.8) is 0 Å². The summed E-state index contributed by atoms with van der Waals surface area (Å²) >= 11 is 0. The Hall–Kier alpha value is -1.87. The third-order valence-electron chi connectivity index (χ3n) is 3.21. The van der Waals surface area contributed by atoms with Gasteiger partial charge in [0.05, 0.1) is 6.10 Å². The molecule has 3 nitrogen and oxygen atoms in total. The van der Waals surface area contributed by atoms with E-state index in [0.717, 1.165) is 24.3 Å². The number of aliphatic hydroxyl groups is 1. The Balaban J connectivity index is 2.06. The molecule has 1 aromatic heterocycles. The number of pyridine rings is 1. The first-order chi connectivity index (χ1) is 9.18. The lowest BCUT2D eigenvalue weighted by atomic mass is 10.1. The summed E-state index contributed by atoms with van der Waals surface area (Å²) in [5.41, 5.74) is 2.18. The number of benzene rings is 1. The predicted octanol–water partition coefficient (Wildman–Crippen LogP) is 2.81. The Morgan fingerprint density at radius 2 is 1.89 bits per heavy atom. The minimum atomic E-state index is -0.497. The molecule has 0 radical (unpaired) electrons. The van der Waals surface area contributed by atoms with Crippen molar-refractivity contribution in [1.29, 1.82) is 0 Å². The van der Waals surface area contributed by atoms with Gasteiger partial charge in [-0.3, -0.25) is 0 Å². The molecular formula is C16H20N2O. The van der Waals surface area contributed by atoms with E-state index in [1.165, 1.54) is 5.56 Å². The summed E-state index contributed by atoms with van der Waals surface area (Å²) < 4.78 is 0. The Morgan fingerprint density at radius 1 is 1.16 bits per heavy atom. The summed E-state index contributed by atoms with van der Waals surface area (Å²) in [5.74, 6) is 0.855. The van der Waals surface area contributed by atoms with Crippen molar-refractivity contribution in [3.8, 4) is 0 Å². The fourth-order valence-corrected chi connectivity index (χ4v) is 2.10. The van der Waals surface area contributed by atoms with E-state index >= 15 is 0 Å². The predicted molar refractivity (Wildman–Crippen MR) is 78.3 cm³/mol. The number of likely N-dealkylation sites (N-methyl/N-ethyl adjacent to an activating group) is 1. The van der Waals surface area contributed by atoms with Gasteiger partial charge in [0.1, 0.15) is 5.82 Å². The maximum absolute atomic E-state index is 9.77. The minimum absolute atomic E-state index is 0.497. The highest BCUT2D eigenvalue weighted by Crippen LogP contribution is 2.22. The number of aromatic nitrogens is 1. The van der Waals surface area contributed by atoms with Crippen LogP contribution in [0, 0.1) is 0 Å². The third kappa shape index (κ3) is 3.55. The van der Waals surface area contributed by atoms with Crippen LogP contribution in [0.5, 0.6) is 0 Å². The van der Waals surface area contributed by atoms with Gasteiger partial charge >= 0.3 is 0 Å². The van der Waals surface area contributed by atoms with Crippen molar-refractivity contribution in [2.24, 2.45) is 0 Å². The van der Waals surface area contributed by atoms with Crippen LogP contribution in [0.3, 0.4) is 0 Å². The van der Waals surface area contributed by atoms with Gasteiger partial charge < -0.3 is 10.0 Å². The Labute approximate surface area is 114 Å². The summed E-state index contributed by atoms with van der Waals surface area (Å²) in [6.45, 7) is 2.65. The molecule has 0 fully saturated rings. The van der Waals surface area contributed by atoms with E-state index < -0.39 is 6.10 Å². The minimum Gasteiger partial charge on any atom is -0.389 e. The van der Waals surface area contributed by atoms with Crippen molar-refractivity contribution in [1.82, 2.24) is 4.98 Å². The fourth-order valence-electron chi connectivity index (χ4n) is 2.10. The highest BCUT2D eigenvalue weighted by molar-refractivity contribution is 5.47. The maximum Gasteiger partial charge on any atom is 0.134 e. The van der Waals surface area contributed by atoms with E-state index in [1.807, 2.05) is 25.2 Å². The fraction of sp³-hybridized carbons (Fsp3) is 0.312. The number of rotatable bonds is 5. The van der Waals surface area contributed by atoms with Crippen LogP contribution in [0.25, 0.3) is 0 Å². The molecule has 2 aromatic rings. The molecular weight excluding hydrogens is 236 g/mol. The van der Waals surface area contributed by atoms with Gasteiger partial charge in [0.25, 0.3) is 0 Å². The molecule has 0 unspecified atom stereocenters. The van der Waals surface area contributed by atoms with Gasteiger partial charge in [-0.2, -0.15) is 0 Å². The second-order valence-corrected chi connectivity index (χ2v) is 4.75. The molecule has 0 spiro atoms. The number of nitrogens with zero attached hydrogens (tertiary/aromatic N) is 2. The zero-order valence-corrected chi connectivity index (χ0v) is 11.5. The molecule has 3 heteroatoms. The van der Waals surface area contributed by atoms with Crippen molar-refractivity contribution in [2.45, 2.75) is 19.4 Å². The van der Waals surface area contributed by atoms with Crippen molar-refractivity contribution >= 4 is 5.82 Å². The molecule has 1 aromatic carbocycles. The van der Waals surface area contributed by atoms with Gasteiger partial charge in [-0.25, -0.2) is 4.98 Å². The summed E-state index contributed by atoms with van der Waals surface area (Å²) in [7, 11) is 2.01. The Bertz CT molecular complexity index is 511. The molecule has 19 heavy (non-hydrogen) atoms. The molecule has 0 aliphatic rings. The average Bonchev–Trinajstić information content (AvgIpc) is 2.46. The van der Waals surface area contributed by atoms with E-state index in [2.05, 4.69) is 34.1 Å². The van der Waals surface area contributed by atoms with E-state index in [0.29, 0.717) is 0 Å². The standard InChI is InChI=1S/C16H20N2O/c1-13(19)15-9-6-11-17-16(15)18(2)12-10-14-7-4-3-5-8-14/h3-9,11,13,19H,10,12H2,1-2H3/t13-/m0/s1. The van der Waals surface area contributed by atoms with Crippen molar-refractivity contribution in [3.05, 3.63) is 59.8 Å². The maximum atomic E-state index is 9.77. The van der Waals surface area contributed by atoms with Gasteiger partial charge in [-0.15, -0.1) is 0 Å². The van der Waals surface area contributed by atoms with Gasteiger partial charge in [0, 0.05) is 25.4 Å². The molecule has 0 aliphatic carbocycles. The molecule has 100 valence electrons. The van der Waals surface area contributed by atoms with Gasteiger partial charge in [-0.1, -0.05) is 36.4 Å². The normalized spacial score (nSPS) is 12.2. The van der Waals surface area contributed by atoms with E-state index in [4.69, 9.17) is 0 Å². The topological polar surface area (TPSA) is 36.4 Å². The van der Waals surface area contributed by atoms with E-state index in [9.17, 15) is 5.11 Å². The van der Waals surface area contributed by atoms with Crippen LogP contribution in [-0.4, -0.2) is 23.7 Å². The summed E-state index contributed by atoms with van der Waals surface area (Å²) in [6.07, 6.45) is 2.23. The monoisotopic (exact) mass is 256 g/mol. The lowest BCUT2D eigenvalue weighted by Crippen LogP contribution is -2.23. The van der Waals surface area contributed by atoms with Crippen LogP contribution in [0.2, 0.25) is 0 Å². The van der Waals surface area contributed by atoms with Crippen LogP contribution in [0.4, 0.5) is 5.82 Å². The molecule has 2 rings (SSSR count). The summed E-state index contributed by atoms with van der Waals surface area (Å²) in [6, 6.07) is 14.2. The first-order valence-electron chi connectivity index (χ1n) is 6.56. The molecule has 1 atom stereocenters. The Morgan fingerprint density at radius 3 is 2.58 bits per heavy atom. The molecule has 0 bridgehead atoms. The van der Waals surface area contributed by atoms with Crippen LogP contribution in [0.15, 0.2) is 48.7 Å². The zero-order valence-electron chi connectivity index (χ0n) is 11.5. The summed E-state index contributed by atoms with van der Waals surface area (Å²) in [5, 5.41) is 9.77. The molecule has 1 N–H and O–H groups in total. The summed E-state index contributed by atoms with van der Waals surface area (Å²) in [4.78, 5) is 6.47. The lowest BCUT2D eigenvalue weighted by Gasteiger charge is -2.22. The van der Waals surface area contributed by atoms with Crippen LogP contribution in [-0.2, 0) is 6.42 Å². The van der Waals surface area contributed by atoms with Crippen molar-refractivity contribution in [2.75, 3.05) is 18.5 Å². The number of anilines is 1. The SMILES string of the molecule is C[C@H](O)c1cccnc1N(C)CCc1ccccc1. The third-order valence-corrected chi connectivity index (χ3v) is 3.21. The van der Waals surface area contributed by atoms with Gasteiger partial charge in [0.15, 0.2) is 0 Å².